The van der Waals surface area contributed by atoms with Gasteiger partial charge >= 0.3 is 0 Å². The van der Waals surface area contributed by atoms with Crippen LogP contribution in [0.1, 0.15) is 76.0 Å². The predicted octanol–water partition coefficient (Wildman–Crippen LogP) is 6.76. The molecule has 0 saturated heterocycles. The number of nitrogens with zero attached hydrogens (tertiary/aromatic N) is 3. The first-order valence-electron chi connectivity index (χ1n) is 10.2. The molecular formula is C26H35N3. The maximum Gasteiger partial charge on any atom is 0.100 e. The fourth-order valence-corrected chi connectivity index (χ4v) is 3.40. The van der Waals surface area contributed by atoms with Crippen molar-refractivity contribution in [3.8, 4) is 6.07 Å². The van der Waals surface area contributed by atoms with Crippen molar-refractivity contribution in [3.63, 3.8) is 0 Å². The van der Waals surface area contributed by atoms with E-state index in [-0.39, 0.29) is 10.8 Å². The van der Waals surface area contributed by atoms with Gasteiger partial charge in [0.1, 0.15) is 6.07 Å². The van der Waals surface area contributed by atoms with Crippen LogP contribution in [0.5, 0.6) is 0 Å². The van der Waals surface area contributed by atoms with Crippen LogP contribution in [0.3, 0.4) is 0 Å². The van der Waals surface area contributed by atoms with Gasteiger partial charge in [0.15, 0.2) is 0 Å². The molecule has 3 heteroatoms. The summed E-state index contributed by atoms with van der Waals surface area (Å²) in [5, 5.41) is 14.8. The standard InChI is InChI=1S/C26H35N3/c1-17(25(4,5)6)15-22(24-18(2)19(3)28-29(24)10)23(16-27)20-11-13-21(14-12-20)26(7,8)9/h11-14H,1,15H2,2-10H3/b23-22-. The fourth-order valence-electron chi connectivity index (χ4n) is 3.40. The zero-order chi connectivity index (χ0) is 22.1. The molecule has 0 unspecified atom stereocenters. The third-order valence-electron chi connectivity index (χ3n) is 5.71. The van der Waals surface area contributed by atoms with Gasteiger partial charge in [-0.3, -0.25) is 4.68 Å². The van der Waals surface area contributed by atoms with Gasteiger partial charge in [-0.05, 0) is 47.8 Å². The number of rotatable bonds is 4. The van der Waals surface area contributed by atoms with Gasteiger partial charge in [0.25, 0.3) is 0 Å². The first-order chi connectivity index (χ1) is 13.3. The number of hydrogen-bond acceptors (Lipinski definition) is 2. The second-order valence-electron chi connectivity index (χ2n) is 10.0. The topological polar surface area (TPSA) is 41.6 Å². The molecule has 154 valence electrons. The molecule has 0 bridgehead atoms. The summed E-state index contributed by atoms with van der Waals surface area (Å²) in [4.78, 5) is 0. The maximum absolute atomic E-state index is 10.2. The summed E-state index contributed by atoms with van der Waals surface area (Å²) in [6, 6.07) is 10.9. The van der Waals surface area contributed by atoms with Gasteiger partial charge < -0.3 is 0 Å². The van der Waals surface area contributed by atoms with E-state index in [0.717, 1.165) is 33.7 Å². The van der Waals surface area contributed by atoms with Crippen molar-refractivity contribution < 1.29 is 0 Å². The minimum Gasteiger partial charge on any atom is -0.268 e. The average molecular weight is 390 g/mol. The molecule has 2 rings (SSSR count). The van der Waals surface area contributed by atoms with E-state index >= 15 is 0 Å². The molecular weight excluding hydrogens is 354 g/mol. The smallest absolute Gasteiger partial charge is 0.100 e. The number of nitriles is 1. The molecule has 0 N–H and O–H groups in total. The van der Waals surface area contributed by atoms with Crippen LogP contribution in [0, 0.1) is 30.6 Å². The molecule has 1 aromatic heterocycles. The monoisotopic (exact) mass is 389 g/mol. The SMILES string of the molecule is C=C(C/C(=C(\C#N)c1ccc(C(C)(C)C)cc1)c1c(C)c(C)nn1C)C(C)(C)C. The molecule has 2 aromatic rings. The van der Waals surface area contributed by atoms with Crippen molar-refractivity contribution in [2.45, 2.75) is 67.2 Å². The van der Waals surface area contributed by atoms with E-state index in [2.05, 4.69) is 90.5 Å². The van der Waals surface area contributed by atoms with Crippen LogP contribution in [0.4, 0.5) is 0 Å². The first-order valence-corrected chi connectivity index (χ1v) is 10.2. The molecule has 3 nitrogen and oxygen atoms in total. The van der Waals surface area contributed by atoms with Crippen LogP contribution in [0.15, 0.2) is 36.4 Å². The molecule has 0 radical (unpaired) electrons. The normalized spacial score (nSPS) is 13.1. The van der Waals surface area contributed by atoms with Crippen LogP contribution < -0.4 is 0 Å². The van der Waals surface area contributed by atoms with E-state index in [1.54, 1.807) is 0 Å². The Balaban J connectivity index is 2.73. The summed E-state index contributed by atoms with van der Waals surface area (Å²) in [5.74, 6) is 0. The molecule has 29 heavy (non-hydrogen) atoms. The van der Waals surface area contributed by atoms with E-state index in [0.29, 0.717) is 12.0 Å². The number of hydrogen-bond donors (Lipinski definition) is 0. The number of aryl methyl sites for hydroxylation is 2. The first kappa shape index (κ1) is 22.7. The van der Waals surface area contributed by atoms with Gasteiger partial charge in [-0.2, -0.15) is 10.4 Å². The quantitative estimate of drug-likeness (QED) is 0.428. The van der Waals surface area contributed by atoms with Crippen molar-refractivity contribution in [1.29, 1.82) is 5.26 Å². The molecule has 0 aliphatic carbocycles. The third-order valence-corrected chi connectivity index (χ3v) is 5.71. The zero-order valence-electron chi connectivity index (χ0n) is 19.6. The Labute approximate surface area is 176 Å². The highest BCUT2D eigenvalue weighted by molar-refractivity contribution is 5.98. The van der Waals surface area contributed by atoms with E-state index < -0.39 is 0 Å². The Morgan fingerprint density at radius 3 is 2.00 bits per heavy atom. The Kier molecular flexibility index (Phi) is 6.28. The van der Waals surface area contributed by atoms with E-state index in [1.165, 1.54) is 5.56 Å². The summed E-state index contributed by atoms with van der Waals surface area (Å²) in [6.07, 6.45) is 0.646. The van der Waals surface area contributed by atoms with Gasteiger partial charge in [0.2, 0.25) is 0 Å². The highest BCUT2D eigenvalue weighted by atomic mass is 15.3. The molecule has 0 aliphatic heterocycles. The van der Waals surface area contributed by atoms with Crippen LogP contribution in [-0.2, 0) is 12.5 Å². The molecule has 0 aliphatic rings. The minimum atomic E-state index is -0.0382. The van der Waals surface area contributed by atoms with Gasteiger partial charge in [-0.25, -0.2) is 0 Å². The second kappa shape index (κ2) is 8.03. The lowest BCUT2D eigenvalue weighted by atomic mass is 9.81. The molecule has 0 fully saturated rings. The highest BCUT2D eigenvalue weighted by Crippen LogP contribution is 2.38. The lowest BCUT2D eigenvalue weighted by Gasteiger charge is -2.24. The molecule has 0 amide bonds. The van der Waals surface area contributed by atoms with Crippen molar-refractivity contribution in [2.75, 3.05) is 0 Å². The average Bonchev–Trinajstić information content (AvgIpc) is 2.85. The van der Waals surface area contributed by atoms with Gasteiger partial charge in [-0.15, -0.1) is 0 Å². The lowest BCUT2D eigenvalue weighted by Crippen LogP contribution is -2.12. The van der Waals surface area contributed by atoms with Crippen LogP contribution >= 0.6 is 0 Å². The lowest BCUT2D eigenvalue weighted by molar-refractivity contribution is 0.497. The molecule has 0 saturated carbocycles. The Morgan fingerprint density at radius 1 is 1.07 bits per heavy atom. The highest BCUT2D eigenvalue weighted by Gasteiger charge is 2.24. The summed E-state index contributed by atoms with van der Waals surface area (Å²) in [6.45, 7) is 21.5. The summed E-state index contributed by atoms with van der Waals surface area (Å²) < 4.78 is 1.90. The maximum atomic E-state index is 10.2. The molecule has 0 spiro atoms. The molecule has 0 atom stereocenters. The molecule has 1 aromatic carbocycles. The van der Waals surface area contributed by atoms with E-state index in [1.807, 2.05) is 18.7 Å². The van der Waals surface area contributed by atoms with Crippen molar-refractivity contribution in [2.24, 2.45) is 12.5 Å². The fraction of sp³-hybridized carbons (Fsp3) is 0.462. The second-order valence-corrected chi connectivity index (χ2v) is 10.0. The van der Waals surface area contributed by atoms with Crippen LogP contribution in [-0.4, -0.2) is 9.78 Å². The van der Waals surface area contributed by atoms with Crippen molar-refractivity contribution in [3.05, 3.63) is 64.5 Å². The van der Waals surface area contributed by atoms with E-state index in [4.69, 9.17) is 0 Å². The Hall–Kier alpha value is -2.60. The molecule has 1 heterocycles. The van der Waals surface area contributed by atoms with Gasteiger partial charge in [0, 0.05) is 12.6 Å². The Morgan fingerprint density at radius 2 is 1.62 bits per heavy atom. The van der Waals surface area contributed by atoms with Gasteiger partial charge in [-0.1, -0.05) is 78.0 Å². The summed E-state index contributed by atoms with van der Waals surface area (Å²) in [5.41, 5.74) is 8.15. The van der Waals surface area contributed by atoms with E-state index in [9.17, 15) is 5.26 Å². The van der Waals surface area contributed by atoms with Gasteiger partial charge in [0.05, 0.1) is 17.0 Å². The predicted molar refractivity (Wildman–Crippen MR) is 123 cm³/mol. The van der Waals surface area contributed by atoms with Crippen molar-refractivity contribution in [1.82, 2.24) is 9.78 Å². The van der Waals surface area contributed by atoms with Crippen LogP contribution in [0.2, 0.25) is 0 Å². The minimum absolute atomic E-state index is 0.0382. The largest absolute Gasteiger partial charge is 0.268 e. The van der Waals surface area contributed by atoms with Crippen LogP contribution in [0.25, 0.3) is 11.1 Å². The summed E-state index contributed by atoms with van der Waals surface area (Å²) in [7, 11) is 1.95. The third kappa shape index (κ3) is 4.88. The number of aromatic nitrogens is 2. The number of benzene rings is 1. The number of allylic oxidation sites excluding steroid dienone is 3. The Bertz CT molecular complexity index is 979. The summed E-state index contributed by atoms with van der Waals surface area (Å²) >= 11 is 0. The van der Waals surface area contributed by atoms with Crippen molar-refractivity contribution >= 4 is 11.1 Å². The zero-order valence-corrected chi connectivity index (χ0v) is 19.6.